The van der Waals surface area contributed by atoms with Gasteiger partial charge in [-0.3, -0.25) is 4.79 Å². The predicted octanol–water partition coefficient (Wildman–Crippen LogP) is 2.39. The second-order valence-corrected chi connectivity index (χ2v) is 4.93. The third kappa shape index (κ3) is 2.88. The highest BCUT2D eigenvalue weighted by molar-refractivity contribution is 9.10. The molecule has 0 saturated carbocycles. The molecule has 1 amide bonds. The van der Waals surface area contributed by atoms with Crippen molar-refractivity contribution in [3.63, 3.8) is 0 Å². The van der Waals surface area contributed by atoms with Crippen molar-refractivity contribution in [1.82, 2.24) is 9.97 Å². The van der Waals surface area contributed by atoms with Crippen LogP contribution < -0.4 is 15.8 Å². The lowest BCUT2D eigenvalue weighted by atomic mass is 10.2. The van der Waals surface area contributed by atoms with E-state index in [1.54, 1.807) is 13.2 Å². The second-order valence-electron chi connectivity index (χ2n) is 4.08. The molecule has 1 heterocycles. The van der Waals surface area contributed by atoms with E-state index in [0.29, 0.717) is 11.4 Å². The molecular formula is C13H13BrN4O2. The molecule has 0 atom stereocenters. The second kappa shape index (κ2) is 5.87. The number of aryl methyl sites for hydroxylation is 1. The van der Waals surface area contributed by atoms with Gasteiger partial charge in [0.1, 0.15) is 23.5 Å². The number of halogens is 1. The van der Waals surface area contributed by atoms with Gasteiger partial charge in [-0.25, -0.2) is 9.97 Å². The van der Waals surface area contributed by atoms with Crippen LogP contribution in [0.4, 0.5) is 11.5 Å². The number of nitrogen functional groups attached to an aromatic ring is 1. The molecule has 3 N–H and O–H groups in total. The summed E-state index contributed by atoms with van der Waals surface area (Å²) in [7, 11) is 1.54. The maximum Gasteiger partial charge on any atom is 0.261 e. The molecule has 7 heteroatoms. The predicted molar refractivity (Wildman–Crippen MR) is 79.8 cm³/mol. The lowest BCUT2D eigenvalue weighted by molar-refractivity contribution is 0.102. The number of nitrogens with zero attached hydrogens (tertiary/aromatic N) is 2. The van der Waals surface area contributed by atoms with Crippen LogP contribution in [0, 0.1) is 6.92 Å². The summed E-state index contributed by atoms with van der Waals surface area (Å²) in [4.78, 5) is 19.7. The maximum atomic E-state index is 12.2. The van der Waals surface area contributed by atoms with Gasteiger partial charge in [-0.2, -0.15) is 0 Å². The number of carbonyl (C=O) groups excluding carboxylic acids is 1. The quantitative estimate of drug-likeness (QED) is 0.898. The van der Waals surface area contributed by atoms with Crippen LogP contribution in [0.25, 0.3) is 0 Å². The number of benzene rings is 1. The number of methoxy groups -OCH3 is 1. The molecule has 0 unspecified atom stereocenters. The van der Waals surface area contributed by atoms with E-state index in [1.807, 2.05) is 13.0 Å². The van der Waals surface area contributed by atoms with Crippen LogP contribution in [0.15, 0.2) is 29.1 Å². The molecule has 0 aliphatic rings. The van der Waals surface area contributed by atoms with E-state index in [1.165, 1.54) is 12.5 Å². The van der Waals surface area contributed by atoms with Gasteiger partial charge < -0.3 is 15.8 Å². The Morgan fingerprint density at radius 1 is 1.45 bits per heavy atom. The summed E-state index contributed by atoms with van der Waals surface area (Å²) >= 11 is 3.41. The van der Waals surface area contributed by atoms with Crippen molar-refractivity contribution in [2.24, 2.45) is 0 Å². The summed E-state index contributed by atoms with van der Waals surface area (Å²) in [6.45, 7) is 1.93. The van der Waals surface area contributed by atoms with Gasteiger partial charge in [0.25, 0.3) is 5.91 Å². The standard InChI is InChI=1S/C13H13BrN4O2/c1-7-3-11(20-2)10(4-9(7)14)18-13(19)8-5-16-6-17-12(8)15/h3-6H,1-2H3,(H,18,19)(H2,15,16,17). The summed E-state index contributed by atoms with van der Waals surface area (Å²) < 4.78 is 6.12. The molecule has 20 heavy (non-hydrogen) atoms. The van der Waals surface area contributed by atoms with Crippen molar-refractivity contribution in [1.29, 1.82) is 0 Å². The minimum atomic E-state index is -0.392. The summed E-state index contributed by atoms with van der Waals surface area (Å²) in [5, 5.41) is 2.73. The number of hydrogen-bond acceptors (Lipinski definition) is 5. The molecule has 0 radical (unpaired) electrons. The van der Waals surface area contributed by atoms with E-state index in [0.717, 1.165) is 10.0 Å². The van der Waals surface area contributed by atoms with Crippen LogP contribution in [0.1, 0.15) is 15.9 Å². The molecule has 0 aliphatic carbocycles. The largest absolute Gasteiger partial charge is 0.495 e. The van der Waals surface area contributed by atoms with Crippen molar-refractivity contribution in [2.45, 2.75) is 6.92 Å². The van der Waals surface area contributed by atoms with Gasteiger partial charge in [-0.05, 0) is 24.6 Å². The van der Waals surface area contributed by atoms with E-state index in [9.17, 15) is 4.79 Å². The minimum absolute atomic E-state index is 0.127. The first kappa shape index (κ1) is 14.3. The molecule has 0 aliphatic heterocycles. The average Bonchev–Trinajstić information content (AvgIpc) is 2.43. The molecule has 2 rings (SSSR count). The molecular weight excluding hydrogens is 324 g/mol. The van der Waals surface area contributed by atoms with E-state index in [4.69, 9.17) is 10.5 Å². The minimum Gasteiger partial charge on any atom is -0.495 e. The normalized spacial score (nSPS) is 10.2. The zero-order valence-electron chi connectivity index (χ0n) is 11.0. The van der Waals surface area contributed by atoms with Crippen LogP contribution in [0.3, 0.4) is 0 Å². The van der Waals surface area contributed by atoms with Gasteiger partial charge in [-0.1, -0.05) is 15.9 Å². The first-order chi connectivity index (χ1) is 9.52. The topological polar surface area (TPSA) is 90.1 Å². The third-order valence-electron chi connectivity index (χ3n) is 2.72. The summed E-state index contributed by atoms with van der Waals surface area (Å²) in [5.74, 6) is 0.300. The van der Waals surface area contributed by atoms with Gasteiger partial charge in [0.15, 0.2) is 0 Å². The zero-order valence-corrected chi connectivity index (χ0v) is 12.6. The maximum absolute atomic E-state index is 12.2. The number of nitrogens with one attached hydrogen (secondary N) is 1. The molecule has 1 aromatic carbocycles. The Balaban J connectivity index is 2.33. The fourth-order valence-electron chi connectivity index (χ4n) is 1.63. The molecule has 6 nitrogen and oxygen atoms in total. The molecule has 2 aromatic rings. The van der Waals surface area contributed by atoms with Gasteiger partial charge in [0, 0.05) is 10.7 Å². The number of ether oxygens (including phenoxy) is 1. The Morgan fingerprint density at radius 3 is 2.85 bits per heavy atom. The average molecular weight is 337 g/mol. The fraction of sp³-hybridized carbons (Fsp3) is 0.154. The Morgan fingerprint density at radius 2 is 2.20 bits per heavy atom. The Labute approximate surface area is 124 Å². The van der Waals surface area contributed by atoms with Crippen LogP contribution in [-0.2, 0) is 0 Å². The zero-order chi connectivity index (χ0) is 14.7. The third-order valence-corrected chi connectivity index (χ3v) is 3.57. The molecule has 0 fully saturated rings. The number of hydrogen-bond donors (Lipinski definition) is 2. The summed E-state index contributed by atoms with van der Waals surface area (Å²) in [6.07, 6.45) is 2.66. The van der Waals surface area contributed by atoms with Crippen LogP contribution >= 0.6 is 15.9 Å². The number of rotatable bonds is 3. The van der Waals surface area contributed by atoms with Gasteiger partial charge >= 0.3 is 0 Å². The number of anilines is 2. The lowest BCUT2D eigenvalue weighted by Crippen LogP contribution is -2.15. The summed E-state index contributed by atoms with van der Waals surface area (Å²) in [5.41, 5.74) is 7.40. The number of carbonyl (C=O) groups is 1. The van der Waals surface area contributed by atoms with Gasteiger partial charge in [0.05, 0.1) is 12.8 Å². The molecule has 1 aromatic heterocycles. The first-order valence-corrected chi connectivity index (χ1v) is 6.53. The lowest BCUT2D eigenvalue weighted by Gasteiger charge is -2.12. The van der Waals surface area contributed by atoms with Crippen molar-refractivity contribution in [3.05, 3.63) is 40.3 Å². The molecule has 0 saturated heterocycles. The van der Waals surface area contributed by atoms with Crippen molar-refractivity contribution < 1.29 is 9.53 Å². The summed E-state index contributed by atoms with van der Waals surface area (Å²) in [6, 6.07) is 3.59. The molecule has 0 spiro atoms. The number of nitrogens with two attached hydrogens (primary N) is 1. The molecule has 104 valence electrons. The Hall–Kier alpha value is -2.15. The molecule has 0 bridgehead atoms. The van der Waals surface area contributed by atoms with E-state index >= 15 is 0 Å². The highest BCUT2D eigenvalue weighted by atomic mass is 79.9. The highest BCUT2D eigenvalue weighted by Gasteiger charge is 2.14. The van der Waals surface area contributed by atoms with Crippen molar-refractivity contribution >= 4 is 33.3 Å². The van der Waals surface area contributed by atoms with Gasteiger partial charge in [-0.15, -0.1) is 0 Å². The SMILES string of the molecule is COc1cc(C)c(Br)cc1NC(=O)c1cncnc1N. The first-order valence-electron chi connectivity index (χ1n) is 5.74. The Kier molecular flexibility index (Phi) is 4.19. The smallest absolute Gasteiger partial charge is 0.261 e. The van der Waals surface area contributed by atoms with E-state index in [2.05, 4.69) is 31.2 Å². The number of amides is 1. The highest BCUT2D eigenvalue weighted by Crippen LogP contribution is 2.31. The van der Waals surface area contributed by atoms with Crippen molar-refractivity contribution in [2.75, 3.05) is 18.2 Å². The van der Waals surface area contributed by atoms with Gasteiger partial charge in [0.2, 0.25) is 0 Å². The van der Waals surface area contributed by atoms with E-state index < -0.39 is 5.91 Å². The van der Waals surface area contributed by atoms with Crippen LogP contribution in [-0.4, -0.2) is 23.0 Å². The monoisotopic (exact) mass is 336 g/mol. The van der Waals surface area contributed by atoms with Crippen molar-refractivity contribution in [3.8, 4) is 5.75 Å². The van der Waals surface area contributed by atoms with E-state index in [-0.39, 0.29) is 11.4 Å². The Bertz CT molecular complexity index is 661. The van der Waals surface area contributed by atoms with Crippen LogP contribution in [0.2, 0.25) is 0 Å². The fourth-order valence-corrected chi connectivity index (χ4v) is 1.97. The van der Waals surface area contributed by atoms with Crippen LogP contribution in [0.5, 0.6) is 5.75 Å². The number of aromatic nitrogens is 2.